The first-order chi connectivity index (χ1) is 10.7. The quantitative estimate of drug-likeness (QED) is 0.924. The van der Waals surface area contributed by atoms with Crippen molar-refractivity contribution >= 4 is 17.5 Å². The van der Waals surface area contributed by atoms with Gasteiger partial charge in [0.15, 0.2) is 0 Å². The fourth-order valence-electron chi connectivity index (χ4n) is 4.15. The van der Waals surface area contributed by atoms with Crippen LogP contribution in [0.15, 0.2) is 24.3 Å². The standard InChI is InChI=1S/C18H25ClN2O/c1-20-12-14-8-11-21(13-14)17(22)18(9-2-3-10-18)15-4-6-16(19)7-5-15/h4-7,14,20H,2-3,8-13H2,1H3. The van der Waals surface area contributed by atoms with Gasteiger partial charge in [-0.3, -0.25) is 4.79 Å². The number of rotatable bonds is 4. The van der Waals surface area contributed by atoms with Gasteiger partial charge >= 0.3 is 0 Å². The van der Waals surface area contributed by atoms with E-state index in [4.69, 9.17) is 11.6 Å². The van der Waals surface area contributed by atoms with Crippen molar-refractivity contribution < 1.29 is 4.79 Å². The first-order valence-corrected chi connectivity index (χ1v) is 8.73. The highest BCUT2D eigenvalue weighted by molar-refractivity contribution is 6.30. The Labute approximate surface area is 138 Å². The molecule has 1 aromatic carbocycles. The first kappa shape index (κ1) is 15.8. The molecule has 1 aliphatic heterocycles. The summed E-state index contributed by atoms with van der Waals surface area (Å²) in [5, 5.41) is 3.97. The summed E-state index contributed by atoms with van der Waals surface area (Å²) in [6, 6.07) is 7.93. The highest BCUT2D eigenvalue weighted by Gasteiger charge is 2.46. The van der Waals surface area contributed by atoms with Crippen LogP contribution in [-0.2, 0) is 10.2 Å². The molecule has 1 N–H and O–H groups in total. The van der Waals surface area contributed by atoms with E-state index in [2.05, 4.69) is 10.2 Å². The molecular formula is C18H25ClN2O. The molecule has 1 atom stereocenters. The molecule has 0 radical (unpaired) electrons. The van der Waals surface area contributed by atoms with E-state index in [1.54, 1.807) is 0 Å². The molecule has 1 amide bonds. The van der Waals surface area contributed by atoms with Gasteiger partial charge in [0.25, 0.3) is 0 Å². The van der Waals surface area contributed by atoms with Gasteiger partial charge in [-0.2, -0.15) is 0 Å². The Bertz CT molecular complexity index is 522. The van der Waals surface area contributed by atoms with Crippen LogP contribution in [0, 0.1) is 5.92 Å². The number of nitrogens with zero attached hydrogens (tertiary/aromatic N) is 1. The van der Waals surface area contributed by atoms with Gasteiger partial charge in [-0.15, -0.1) is 0 Å². The van der Waals surface area contributed by atoms with Crippen LogP contribution in [0.1, 0.15) is 37.7 Å². The van der Waals surface area contributed by atoms with Gasteiger partial charge in [-0.1, -0.05) is 36.6 Å². The van der Waals surface area contributed by atoms with Crippen LogP contribution in [0.3, 0.4) is 0 Å². The van der Waals surface area contributed by atoms with Crippen molar-refractivity contribution in [2.45, 2.75) is 37.5 Å². The van der Waals surface area contributed by atoms with E-state index in [0.717, 1.165) is 62.3 Å². The van der Waals surface area contributed by atoms with Crippen molar-refractivity contribution in [3.63, 3.8) is 0 Å². The van der Waals surface area contributed by atoms with E-state index >= 15 is 0 Å². The summed E-state index contributed by atoms with van der Waals surface area (Å²) in [7, 11) is 1.98. The third kappa shape index (κ3) is 2.89. The molecule has 1 heterocycles. The molecule has 2 aliphatic rings. The second-order valence-corrected chi connectivity index (χ2v) is 7.20. The van der Waals surface area contributed by atoms with Crippen LogP contribution in [-0.4, -0.2) is 37.5 Å². The van der Waals surface area contributed by atoms with Gasteiger partial charge < -0.3 is 10.2 Å². The maximum absolute atomic E-state index is 13.3. The van der Waals surface area contributed by atoms with Crippen LogP contribution >= 0.6 is 11.6 Å². The molecule has 22 heavy (non-hydrogen) atoms. The minimum Gasteiger partial charge on any atom is -0.342 e. The predicted molar refractivity (Wildman–Crippen MR) is 90.2 cm³/mol. The largest absolute Gasteiger partial charge is 0.342 e. The Morgan fingerprint density at radius 1 is 1.32 bits per heavy atom. The fraction of sp³-hybridized carbons (Fsp3) is 0.611. The average molecular weight is 321 g/mol. The molecule has 3 rings (SSSR count). The number of carbonyl (C=O) groups is 1. The van der Waals surface area contributed by atoms with Gasteiger partial charge in [0.2, 0.25) is 5.91 Å². The fourth-order valence-corrected chi connectivity index (χ4v) is 4.27. The van der Waals surface area contributed by atoms with Crippen LogP contribution in [0.4, 0.5) is 0 Å². The summed E-state index contributed by atoms with van der Waals surface area (Å²) in [6.07, 6.45) is 5.34. The second kappa shape index (κ2) is 6.59. The Morgan fingerprint density at radius 3 is 2.64 bits per heavy atom. The molecule has 2 fully saturated rings. The van der Waals surface area contributed by atoms with E-state index in [1.165, 1.54) is 0 Å². The topological polar surface area (TPSA) is 32.3 Å². The Morgan fingerprint density at radius 2 is 2.00 bits per heavy atom. The smallest absolute Gasteiger partial charge is 0.233 e. The Balaban J connectivity index is 1.82. The maximum atomic E-state index is 13.3. The van der Waals surface area contributed by atoms with Crippen molar-refractivity contribution in [2.24, 2.45) is 5.92 Å². The zero-order chi connectivity index (χ0) is 15.6. The maximum Gasteiger partial charge on any atom is 0.233 e. The molecule has 1 aromatic rings. The summed E-state index contributed by atoms with van der Waals surface area (Å²) in [4.78, 5) is 15.4. The molecule has 4 heteroatoms. The lowest BCUT2D eigenvalue weighted by molar-refractivity contribution is -0.136. The van der Waals surface area contributed by atoms with Crippen LogP contribution in [0.2, 0.25) is 5.02 Å². The third-order valence-electron chi connectivity index (χ3n) is 5.33. The zero-order valence-electron chi connectivity index (χ0n) is 13.3. The average Bonchev–Trinajstić information content (AvgIpc) is 3.17. The van der Waals surface area contributed by atoms with E-state index in [1.807, 2.05) is 31.3 Å². The van der Waals surface area contributed by atoms with E-state index in [-0.39, 0.29) is 5.41 Å². The number of hydrogen-bond acceptors (Lipinski definition) is 2. The Hall–Kier alpha value is -1.06. The molecule has 1 saturated carbocycles. The molecule has 0 aromatic heterocycles. The normalized spacial score (nSPS) is 23.9. The zero-order valence-corrected chi connectivity index (χ0v) is 14.0. The molecule has 0 bridgehead atoms. The van der Waals surface area contributed by atoms with Crippen LogP contribution in [0.5, 0.6) is 0 Å². The summed E-state index contributed by atoms with van der Waals surface area (Å²) in [5.74, 6) is 0.934. The van der Waals surface area contributed by atoms with Crippen molar-refractivity contribution in [3.8, 4) is 0 Å². The molecule has 120 valence electrons. The van der Waals surface area contributed by atoms with Crippen molar-refractivity contribution in [2.75, 3.05) is 26.7 Å². The highest BCUT2D eigenvalue weighted by Crippen LogP contribution is 2.43. The second-order valence-electron chi connectivity index (χ2n) is 6.76. The molecule has 0 spiro atoms. The molecule has 3 nitrogen and oxygen atoms in total. The van der Waals surface area contributed by atoms with Gasteiger partial charge in [-0.05, 0) is 56.5 Å². The summed E-state index contributed by atoms with van der Waals surface area (Å²) >= 11 is 6.02. The molecule has 1 aliphatic carbocycles. The number of hydrogen-bond donors (Lipinski definition) is 1. The van der Waals surface area contributed by atoms with Crippen molar-refractivity contribution in [1.29, 1.82) is 0 Å². The van der Waals surface area contributed by atoms with Gasteiger partial charge in [0.05, 0.1) is 5.41 Å². The third-order valence-corrected chi connectivity index (χ3v) is 5.58. The molecule has 1 saturated heterocycles. The number of nitrogens with one attached hydrogen (secondary N) is 1. The minimum absolute atomic E-state index is 0.306. The van der Waals surface area contributed by atoms with Gasteiger partial charge in [0, 0.05) is 18.1 Å². The number of likely N-dealkylation sites (tertiary alicyclic amines) is 1. The monoisotopic (exact) mass is 320 g/mol. The van der Waals surface area contributed by atoms with Crippen LogP contribution < -0.4 is 5.32 Å². The highest BCUT2D eigenvalue weighted by atomic mass is 35.5. The number of halogens is 1. The lowest BCUT2D eigenvalue weighted by Crippen LogP contribution is -2.44. The SMILES string of the molecule is CNCC1CCN(C(=O)C2(c3ccc(Cl)cc3)CCCC2)C1. The Kier molecular flexibility index (Phi) is 4.74. The summed E-state index contributed by atoms with van der Waals surface area (Å²) in [6.45, 7) is 2.80. The minimum atomic E-state index is -0.306. The van der Waals surface area contributed by atoms with Crippen molar-refractivity contribution in [1.82, 2.24) is 10.2 Å². The number of benzene rings is 1. The van der Waals surface area contributed by atoms with Crippen molar-refractivity contribution in [3.05, 3.63) is 34.9 Å². The number of amides is 1. The summed E-state index contributed by atoms with van der Waals surface area (Å²) < 4.78 is 0. The molecule has 1 unspecified atom stereocenters. The van der Waals surface area contributed by atoms with Gasteiger partial charge in [0.1, 0.15) is 0 Å². The van der Waals surface area contributed by atoms with E-state index < -0.39 is 0 Å². The number of carbonyl (C=O) groups excluding carboxylic acids is 1. The lowest BCUT2D eigenvalue weighted by atomic mass is 9.77. The van der Waals surface area contributed by atoms with Gasteiger partial charge in [-0.25, -0.2) is 0 Å². The van der Waals surface area contributed by atoms with Crippen LogP contribution in [0.25, 0.3) is 0 Å². The first-order valence-electron chi connectivity index (χ1n) is 8.36. The molecular weight excluding hydrogens is 296 g/mol. The predicted octanol–water partition coefficient (Wildman–Crippen LogP) is 3.22. The lowest BCUT2D eigenvalue weighted by Gasteiger charge is -2.33. The summed E-state index contributed by atoms with van der Waals surface area (Å²) in [5.41, 5.74) is 0.843. The van der Waals surface area contributed by atoms with E-state index in [0.29, 0.717) is 11.8 Å². The van der Waals surface area contributed by atoms with E-state index in [9.17, 15) is 4.79 Å².